The van der Waals surface area contributed by atoms with Crippen molar-refractivity contribution in [3.05, 3.63) is 33.5 Å². The molecule has 6 nitrogen and oxygen atoms in total. The van der Waals surface area contributed by atoms with Gasteiger partial charge in [-0.25, -0.2) is 4.39 Å². The van der Waals surface area contributed by atoms with E-state index in [0.717, 1.165) is 6.07 Å². The van der Waals surface area contributed by atoms with Crippen molar-refractivity contribution in [2.24, 2.45) is 5.73 Å². The second-order valence-corrected chi connectivity index (χ2v) is 7.75. The number of nitrogens with two attached hydrogens (primary N) is 1. The Morgan fingerprint density at radius 1 is 1.40 bits per heavy atom. The highest BCUT2D eigenvalue weighted by Gasteiger charge is 2.36. The summed E-state index contributed by atoms with van der Waals surface area (Å²) in [5.41, 5.74) is 5.58. The lowest BCUT2D eigenvalue weighted by atomic mass is 10.1. The summed E-state index contributed by atoms with van der Waals surface area (Å²) in [5.74, 6) is -2.23. The zero-order chi connectivity index (χ0) is 18.9. The maximum Gasteiger partial charge on any atom is 0.306 e. The molecule has 2 amide bonds. The van der Waals surface area contributed by atoms with Gasteiger partial charge in [-0.15, -0.1) is 0 Å². The van der Waals surface area contributed by atoms with E-state index in [9.17, 15) is 18.8 Å². The molecule has 0 spiro atoms. The summed E-state index contributed by atoms with van der Waals surface area (Å²) in [6, 6.07) is 1.68. The quantitative estimate of drug-likeness (QED) is 0.749. The molecule has 1 aliphatic rings. The van der Waals surface area contributed by atoms with E-state index in [1.807, 2.05) is 0 Å². The summed E-state index contributed by atoms with van der Waals surface area (Å²) in [4.78, 5) is 37.4. The van der Waals surface area contributed by atoms with Crippen LogP contribution in [0.3, 0.4) is 0 Å². The van der Waals surface area contributed by atoms with Crippen molar-refractivity contribution in [3.8, 4) is 0 Å². The Balaban J connectivity index is 2.13. The van der Waals surface area contributed by atoms with Crippen LogP contribution in [-0.2, 0) is 20.9 Å². The van der Waals surface area contributed by atoms with E-state index in [4.69, 9.17) is 10.5 Å². The molecule has 0 radical (unpaired) electrons. The molecule has 25 heavy (non-hydrogen) atoms. The molecule has 1 aromatic carbocycles. The second kappa shape index (κ2) is 7.11. The first kappa shape index (κ1) is 19.4. The van der Waals surface area contributed by atoms with E-state index >= 15 is 0 Å². The van der Waals surface area contributed by atoms with Crippen molar-refractivity contribution in [2.45, 2.75) is 51.8 Å². The standard InChI is InChI=1S/C17H20BrFN2O4/c1-17(2,3)25-14(22)5-4-13(15(20)23)21-8-9-6-11(18)12(19)7-10(9)16(21)24/h6-7,13H,4-5,8H2,1-3H3,(H2,20,23). The Kier molecular flexibility index (Phi) is 5.51. The number of hydrogen-bond donors (Lipinski definition) is 1. The topological polar surface area (TPSA) is 89.7 Å². The van der Waals surface area contributed by atoms with Gasteiger partial charge in [-0.05, 0) is 60.8 Å². The van der Waals surface area contributed by atoms with Gasteiger partial charge < -0.3 is 15.4 Å². The van der Waals surface area contributed by atoms with Gasteiger partial charge in [-0.1, -0.05) is 0 Å². The molecule has 136 valence electrons. The maximum atomic E-state index is 13.7. The van der Waals surface area contributed by atoms with E-state index in [1.54, 1.807) is 20.8 Å². The number of rotatable bonds is 5. The zero-order valence-electron chi connectivity index (χ0n) is 14.3. The molecule has 1 atom stereocenters. The van der Waals surface area contributed by atoms with Crippen molar-refractivity contribution >= 4 is 33.7 Å². The van der Waals surface area contributed by atoms with Gasteiger partial charge in [0.25, 0.3) is 5.91 Å². The minimum absolute atomic E-state index is 0.0492. The van der Waals surface area contributed by atoms with Crippen LogP contribution >= 0.6 is 15.9 Å². The number of nitrogens with zero attached hydrogens (tertiary/aromatic N) is 1. The van der Waals surface area contributed by atoms with Crippen molar-refractivity contribution in [2.75, 3.05) is 0 Å². The van der Waals surface area contributed by atoms with Gasteiger partial charge in [0.2, 0.25) is 5.91 Å². The van der Waals surface area contributed by atoms with Crippen LogP contribution in [0.25, 0.3) is 0 Å². The lowest BCUT2D eigenvalue weighted by Crippen LogP contribution is -2.45. The molecule has 1 unspecified atom stereocenters. The van der Waals surface area contributed by atoms with Crippen molar-refractivity contribution < 1.29 is 23.5 Å². The van der Waals surface area contributed by atoms with Gasteiger partial charge in [-0.2, -0.15) is 0 Å². The largest absolute Gasteiger partial charge is 0.460 e. The first-order chi connectivity index (χ1) is 11.5. The van der Waals surface area contributed by atoms with Crippen LogP contribution in [0.15, 0.2) is 16.6 Å². The highest BCUT2D eigenvalue weighted by molar-refractivity contribution is 9.10. The molecular weight excluding hydrogens is 395 g/mol. The van der Waals surface area contributed by atoms with Crippen LogP contribution in [0.4, 0.5) is 4.39 Å². The lowest BCUT2D eigenvalue weighted by Gasteiger charge is -2.25. The van der Waals surface area contributed by atoms with Gasteiger partial charge in [0.15, 0.2) is 0 Å². The summed E-state index contributed by atoms with van der Waals surface area (Å²) < 4.78 is 19.1. The molecule has 0 bridgehead atoms. The van der Waals surface area contributed by atoms with Crippen LogP contribution in [0.2, 0.25) is 0 Å². The third kappa shape index (κ3) is 4.56. The normalized spacial score (nSPS) is 15.1. The first-order valence-corrected chi connectivity index (χ1v) is 8.59. The Morgan fingerprint density at radius 2 is 2.04 bits per heavy atom. The molecule has 0 fully saturated rings. The fourth-order valence-corrected chi connectivity index (χ4v) is 3.07. The molecule has 0 aromatic heterocycles. The van der Waals surface area contributed by atoms with Crippen molar-refractivity contribution in [1.82, 2.24) is 4.90 Å². The molecule has 1 aromatic rings. The number of carbonyl (C=O) groups excluding carboxylic acids is 3. The van der Waals surface area contributed by atoms with E-state index in [1.165, 1.54) is 11.0 Å². The number of primary amides is 1. The summed E-state index contributed by atoms with van der Waals surface area (Å²) in [6.07, 6.45) is -0.00329. The number of benzene rings is 1. The zero-order valence-corrected chi connectivity index (χ0v) is 15.9. The highest BCUT2D eigenvalue weighted by atomic mass is 79.9. The number of halogens is 2. The third-order valence-corrected chi connectivity index (χ3v) is 4.33. The lowest BCUT2D eigenvalue weighted by molar-refractivity contribution is -0.155. The third-order valence-electron chi connectivity index (χ3n) is 3.72. The molecule has 8 heteroatoms. The Morgan fingerprint density at radius 3 is 2.60 bits per heavy atom. The van der Waals surface area contributed by atoms with Crippen LogP contribution < -0.4 is 5.73 Å². The van der Waals surface area contributed by atoms with Crippen LogP contribution in [0.5, 0.6) is 0 Å². The maximum absolute atomic E-state index is 13.7. The first-order valence-electron chi connectivity index (χ1n) is 7.79. The van der Waals surface area contributed by atoms with E-state index in [0.29, 0.717) is 5.56 Å². The van der Waals surface area contributed by atoms with Crippen LogP contribution in [0.1, 0.15) is 49.5 Å². The predicted molar refractivity (Wildman–Crippen MR) is 92.0 cm³/mol. The number of amides is 2. The number of carbonyl (C=O) groups is 3. The molecule has 0 saturated heterocycles. The molecule has 2 N–H and O–H groups in total. The van der Waals surface area contributed by atoms with Crippen molar-refractivity contribution in [3.63, 3.8) is 0 Å². The fraction of sp³-hybridized carbons (Fsp3) is 0.471. The average Bonchev–Trinajstić information content (AvgIpc) is 2.75. The Labute approximate surface area is 153 Å². The van der Waals surface area contributed by atoms with Crippen LogP contribution in [-0.4, -0.2) is 34.3 Å². The Hall–Kier alpha value is -1.96. The smallest absolute Gasteiger partial charge is 0.306 e. The minimum Gasteiger partial charge on any atom is -0.460 e. The van der Waals surface area contributed by atoms with E-state index in [2.05, 4.69) is 15.9 Å². The highest BCUT2D eigenvalue weighted by Crippen LogP contribution is 2.30. The summed E-state index contributed by atoms with van der Waals surface area (Å²) in [5, 5.41) is 0. The van der Waals surface area contributed by atoms with E-state index in [-0.39, 0.29) is 29.4 Å². The molecule has 2 rings (SSSR count). The SMILES string of the molecule is CC(C)(C)OC(=O)CCC(C(N)=O)N1Cc2cc(Br)c(F)cc2C1=O. The number of esters is 1. The van der Waals surface area contributed by atoms with Crippen LogP contribution in [0, 0.1) is 5.82 Å². The Bertz CT molecular complexity index is 730. The van der Waals surface area contributed by atoms with E-state index < -0.39 is 35.2 Å². The average molecular weight is 415 g/mol. The van der Waals surface area contributed by atoms with Crippen molar-refractivity contribution in [1.29, 1.82) is 0 Å². The van der Waals surface area contributed by atoms with Gasteiger partial charge in [0.05, 0.1) is 4.47 Å². The van der Waals surface area contributed by atoms with Gasteiger partial charge in [-0.3, -0.25) is 14.4 Å². The van der Waals surface area contributed by atoms with Gasteiger partial charge in [0.1, 0.15) is 17.5 Å². The predicted octanol–water partition coefficient (Wildman–Crippen LogP) is 2.52. The summed E-state index contributed by atoms with van der Waals surface area (Å²) >= 11 is 3.07. The monoisotopic (exact) mass is 414 g/mol. The number of fused-ring (bicyclic) bond motifs is 1. The second-order valence-electron chi connectivity index (χ2n) is 6.90. The number of hydrogen-bond acceptors (Lipinski definition) is 4. The summed E-state index contributed by atoms with van der Waals surface area (Å²) in [6.45, 7) is 5.35. The molecule has 0 saturated carbocycles. The van der Waals surface area contributed by atoms with Gasteiger partial charge in [0, 0.05) is 18.5 Å². The molecule has 0 aliphatic carbocycles. The minimum atomic E-state index is -0.964. The fourth-order valence-electron chi connectivity index (χ4n) is 2.68. The molecule has 1 heterocycles. The molecule has 1 aliphatic heterocycles. The summed E-state index contributed by atoms with van der Waals surface area (Å²) in [7, 11) is 0. The molecular formula is C17H20BrFN2O4. The number of ether oxygens (including phenoxy) is 1. The van der Waals surface area contributed by atoms with Gasteiger partial charge >= 0.3 is 5.97 Å².